The van der Waals surface area contributed by atoms with Gasteiger partial charge in [0.15, 0.2) is 0 Å². The first-order valence-electron chi connectivity index (χ1n) is 7.27. The third-order valence-electron chi connectivity index (χ3n) is 4.68. The summed E-state index contributed by atoms with van der Waals surface area (Å²) < 4.78 is 0. The molecule has 2 aliphatic carbocycles. The largest absolute Gasteiger partial charge is 0.319 e. The Bertz CT molecular complexity index is 199. The molecule has 0 aromatic heterocycles. The van der Waals surface area contributed by atoms with E-state index in [-0.39, 0.29) is 0 Å². The second-order valence-corrected chi connectivity index (χ2v) is 5.58. The highest BCUT2D eigenvalue weighted by Gasteiger charge is 2.37. The van der Waals surface area contributed by atoms with E-state index in [1.807, 2.05) is 0 Å². The van der Waals surface area contributed by atoms with Gasteiger partial charge in [-0.15, -0.1) is 0 Å². The predicted molar refractivity (Wildman–Crippen MR) is 69.7 cm³/mol. The van der Waals surface area contributed by atoms with Gasteiger partial charge in [0.25, 0.3) is 0 Å². The average molecular weight is 224 g/mol. The Hall–Kier alpha value is -0.0800. The fourth-order valence-electron chi connectivity index (χ4n) is 3.66. The van der Waals surface area contributed by atoms with Gasteiger partial charge in [-0.1, -0.05) is 26.2 Å². The van der Waals surface area contributed by atoms with Gasteiger partial charge >= 0.3 is 0 Å². The zero-order chi connectivity index (χ0) is 11.4. The van der Waals surface area contributed by atoms with Crippen LogP contribution in [0.3, 0.4) is 0 Å². The fraction of sp³-hybridized carbons (Fsp3) is 1.00. The van der Waals surface area contributed by atoms with E-state index < -0.39 is 0 Å². The van der Waals surface area contributed by atoms with Crippen molar-refractivity contribution < 1.29 is 0 Å². The predicted octanol–water partition coefficient (Wildman–Crippen LogP) is 2.64. The van der Waals surface area contributed by atoms with E-state index in [0.717, 1.165) is 18.0 Å². The molecule has 2 heteroatoms. The topological polar surface area (TPSA) is 15.3 Å². The quantitative estimate of drug-likeness (QED) is 0.772. The molecule has 0 aromatic carbocycles. The van der Waals surface area contributed by atoms with Crippen LogP contribution >= 0.6 is 0 Å². The second kappa shape index (κ2) is 6.02. The van der Waals surface area contributed by atoms with Crippen molar-refractivity contribution in [2.75, 3.05) is 20.1 Å². The number of nitrogens with one attached hydrogen (secondary N) is 1. The van der Waals surface area contributed by atoms with Crippen LogP contribution in [0.15, 0.2) is 0 Å². The molecule has 1 N–H and O–H groups in total. The highest BCUT2D eigenvalue weighted by Crippen LogP contribution is 2.35. The van der Waals surface area contributed by atoms with E-state index in [2.05, 4.69) is 24.2 Å². The molecule has 0 aliphatic heterocycles. The highest BCUT2D eigenvalue weighted by molar-refractivity contribution is 4.92. The van der Waals surface area contributed by atoms with E-state index in [0.29, 0.717) is 0 Å². The lowest BCUT2D eigenvalue weighted by Crippen LogP contribution is -2.54. The van der Waals surface area contributed by atoms with Crippen LogP contribution in [0.25, 0.3) is 0 Å². The Morgan fingerprint density at radius 3 is 2.31 bits per heavy atom. The van der Waals surface area contributed by atoms with Gasteiger partial charge in [0.05, 0.1) is 0 Å². The minimum Gasteiger partial charge on any atom is -0.319 e. The summed E-state index contributed by atoms with van der Waals surface area (Å²) in [5.41, 5.74) is 0. The number of hydrogen-bond acceptors (Lipinski definition) is 2. The van der Waals surface area contributed by atoms with Crippen LogP contribution in [-0.4, -0.2) is 37.1 Å². The smallest absolute Gasteiger partial charge is 0.0139 e. The Morgan fingerprint density at radius 1 is 1.06 bits per heavy atom. The van der Waals surface area contributed by atoms with Gasteiger partial charge in [-0.2, -0.15) is 0 Å². The molecule has 94 valence electrons. The van der Waals surface area contributed by atoms with E-state index >= 15 is 0 Å². The van der Waals surface area contributed by atoms with Crippen molar-refractivity contribution in [3.05, 3.63) is 0 Å². The molecule has 0 spiro atoms. The fourth-order valence-corrected chi connectivity index (χ4v) is 3.66. The summed E-state index contributed by atoms with van der Waals surface area (Å²) in [6, 6.07) is 1.80. The van der Waals surface area contributed by atoms with Gasteiger partial charge in [0, 0.05) is 12.1 Å². The number of nitrogens with zero attached hydrogens (tertiary/aromatic N) is 1. The van der Waals surface area contributed by atoms with Gasteiger partial charge in [0.1, 0.15) is 0 Å². The van der Waals surface area contributed by atoms with Gasteiger partial charge < -0.3 is 5.32 Å². The number of hydrogen-bond donors (Lipinski definition) is 1. The summed E-state index contributed by atoms with van der Waals surface area (Å²) in [5, 5.41) is 3.35. The summed E-state index contributed by atoms with van der Waals surface area (Å²) >= 11 is 0. The second-order valence-electron chi connectivity index (χ2n) is 5.58. The highest BCUT2D eigenvalue weighted by atomic mass is 15.2. The van der Waals surface area contributed by atoms with Crippen molar-refractivity contribution in [1.82, 2.24) is 10.2 Å². The molecule has 0 radical (unpaired) electrons. The van der Waals surface area contributed by atoms with Crippen LogP contribution in [-0.2, 0) is 0 Å². The zero-order valence-electron chi connectivity index (χ0n) is 11.0. The monoisotopic (exact) mass is 224 g/mol. The van der Waals surface area contributed by atoms with Crippen LogP contribution in [0, 0.1) is 5.92 Å². The summed E-state index contributed by atoms with van der Waals surface area (Å²) in [6.07, 6.45) is 10.2. The molecule has 2 nitrogen and oxygen atoms in total. The minimum atomic E-state index is 0.889. The molecule has 0 heterocycles. The Labute approximate surface area is 101 Å². The Kier molecular flexibility index (Phi) is 4.66. The van der Waals surface area contributed by atoms with E-state index in [1.165, 1.54) is 58.0 Å². The SMILES string of the molecule is CCN(C1CCCCC1)C1CCC1CNC. The lowest BCUT2D eigenvalue weighted by Gasteiger charge is -2.48. The molecule has 0 amide bonds. The Morgan fingerprint density at radius 2 is 1.81 bits per heavy atom. The maximum atomic E-state index is 3.35. The Balaban J connectivity index is 1.88. The van der Waals surface area contributed by atoms with Gasteiger partial charge in [-0.05, 0) is 51.7 Å². The molecule has 0 saturated heterocycles. The van der Waals surface area contributed by atoms with Crippen LogP contribution < -0.4 is 5.32 Å². The molecular formula is C14H28N2. The van der Waals surface area contributed by atoms with Crippen LogP contribution in [0.1, 0.15) is 51.9 Å². The first kappa shape index (κ1) is 12.4. The average Bonchev–Trinajstić information content (AvgIpc) is 2.32. The minimum absolute atomic E-state index is 0.889. The molecule has 16 heavy (non-hydrogen) atoms. The molecular weight excluding hydrogens is 196 g/mol. The van der Waals surface area contributed by atoms with Crippen molar-refractivity contribution in [2.45, 2.75) is 64.0 Å². The third kappa shape index (κ3) is 2.60. The molecule has 0 bridgehead atoms. The lowest BCUT2D eigenvalue weighted by atomic mass is 9.77. The van der Waals surface area contributed by atoms with Crippen molar-refractivity contribution in [3.8, 4) is 0 Å². The van der Waals surface area contributed by atoms with Gasteiger partial charge in [-0.3, -0.25) is 4.90 Å². The lowest BCUT2D eigenvalue weighted by molar-refractivity contribution is 0.0191. The van der Waals surface area contributed by atoms with Crippen molar-refractivity contribution >= 4 is 0 Å². The van der Waals surface area contributed by atoms with Crippen molar-refractivity contribution in [3.63, 3.8) is 0 Å². The summed E-state index contributed by atoms with van der Waals surface area (Å²) in [5.74, 6) is 0.923. The summed E-state index contributed by atoms with van der Waals surface area (Å²) in [7, 11) is 2.09. The molecule has 2 saturated carbocycles. The summed E-state index contributed by atoms with van der Waals surface area (Å²) in [4.78, 5) is 2.82. The zero-order valence-corrected chi connectivity index (χ0v) is 11.0. The summed E-state index contributed by atoms with van der Waals surface area (Å²) in [6.45, 7) is 4.83. The van der Waals surface area contributed by atoms with Gasteiger partial charge in [-0.25, -0.2) is 0 Å². The third-order valence-corrected chi connectivity index (χ3v) is 4.68. The first-order chi connectivity index (χ1) is 7.86. The maximum absolute atomic E-state index is 3.35. The van der Waals surface area contributed by atoms with Crippen molar-refractivity contribution in [1.29, 1.82) is 0 Å². The van der Waals surface area contributed by atoms with Gasteiger partial charge in [0.2, 0.25) is 0 Å². The standard InChI is InChI=1S/C14H28N2/c1-3-16(13-7-5-4-6-8-13)14-10-9-12(14)11-15-2/h12-15H,3-11H2,1-2H3. The maximum Gasteiger partial charge on any atom is 0.0139 e. The van der Waals surface area contributed by atoms with Crippen molar-refractivity contribution in [2.24, 2.45) is 5.92 Å². The molecule has 2 unspecified atom stereocenters. The normalized spacial score (nSPS) is 31.7. The van der Waals surface area contributed by atoms with E-state index in [9.17, 15) is 0 Å². The number of rotatable bonds is 5. The van der Waals surface area contributed by atoms with Crippen LogP contribution in [0.5, 0.6) is 0 Å². The molecule has 2 atom stereocenters. The van der Waals surface area contributed by atoms with Crippen LogP contribution in [0.2, 0.25) is 0 Å². The van der Waals surface area contributed by atoms with E-state index in [1.54, 1.807) is 0 Å². The molecule has 2 rings (SSSR count). The molecule has 2 aliphatic rings. The molecule has 0 aromatic rings. The first-order valence-corrected chi connectivity index (χ1v) is 7.27. The molecule has 2 fully saturated rings. The van der Waals surface area contributed by atoms with E-state index in [4.69, 9.17) is 0 Å². The van der Waals surface area contributed by atoms with Crippen LogP contribution in [0.4, 0.5) is 0 Å².